The first-order valence-corrected chi connectivity index (χ1v) is 9.29. The second-order valence-corrected chi connectivity index (χ2v) is 6.97. The van der Waals surface area contributed by atoms with E-state index in [0.29, 0.717) is 0 Å². The highest BCUT2D eigenvalue weighted by Crippen LogP contribution is 2.38. The first-order chi connectivity index (χ1) is 15.3. The van der Waals surface area contributed by atoms with Gasteiger partial charge in [-0.05, 0) is 30.7 Å². The topological polar surface area (TPSA) is 86.1 Å². The van der Waals surface area contributed by atoms with E-state index in [4.69, 9.17) is 5.26 Å². The van der Waals surface area contributed by atoms with Crippen LogP contribution in [-0.4, -0.2) is 29.8 Å². The van der Waals surface area contributed by atoms with Gasteiger partial charge in [-0.15, -0.1) is 0 Å². The zero-order valence-electron chi connectivity index (χ0n) is 16.4. The van der Waals surface area contributed by atoms with Gasteiger partial charge in [0.2, 0.25) is 5.91 Å². The molecule has 1 aliphatic rings. The maximum absolute atomic E-state index is 13.6. The molecule has 2 heterocycles. The summed E-state index contributed by atoms with van der Waals surface area (Å²) in [6.07, 6.45) is -10.3. The average Bonchev–Trinajstić information content (AvgIpc) is 2.88. The van der Waals surface area contributed by atoms with Crippen LogP contribution in [0, 0.1) is 17.1 Å². The van der Waals surface area contributed by atoms with Crippen molar-refractivity contribution >= 4 is 23.2 Å². The maximum Gasteiger partial charge on any atom is 0.433 e. The van der Waals surface area contributed by atoms with Crippen molar-refractivity contribution in [1.29, 1.82) is 5.26 Å². The normalized spacial score (nSPS) is 14.4. The zero-order valence-corrected chi connectivity index (χ0v) is 16.4. The third-order valence-corrected chi connectivity index (χ3v) is 4.77. The highest BCUT2D eigenvalue weighted by Gasteiger charge is 2.41. The van der Waals surface area contributed by atoms with E-state index in [1.807, 2.05) is 0 Å². The molecule has 0 bridgehead atoms. The fourth-order valence-electron chi connectivity index (χ4n) is 3.29. The van der Waals surface area contributed by atoms with Crippen LogP contribution in [0.15, 0.2) is 24.3 Å². The van der Waals surface area contributed by atoms with E-state index in [1.165, 1.54) is 12.1 Å². The van der Waals surface area contributed by atoms with Gasteiger partial charge in [0.05, 0.1) is 17.8 Å². The van der Waals surface area contributed by atoms with Gasteiger partial charge in [0, 0.05) is 18.5 Å². The van der Waals surface area contributed by atoms with E-state index in [1.54, 1.807) is 0 Å². The number of hydrogen-bond acceptors (Lipinski definition) is 5. The predicted molar refractivity (Wildman–Crippen MR) is 99.8 cm³/mol. The molecule has 0 spiro atoms. The molecule has 0 aliphatic carbocycles. The first-order valence-electron chi connectivity index (χ1n) is 9.29. The van der Waals surface area contributed by atoms with Crippen molar-refractivity contribution in [3.05, 3.63) is 52.5 Å². The van der Waals surface area contributed by atoms with Gasteiger partial charge in [0.1, 0.15) is 29.0 Å². The molecule has 13 heteroatoms. The Morgan fingerprint density at radius 3 is 2.45 bits per heavy atom. The maximum atomic E-state index is 13.6. The van der Waals surface area contributed by atoms with Crippen molar-refractivity contribution in [3.8, 4) is 6.07 Å². The molecule has 6 nitrogen and oxygen atoms in total. The minimum absolute atomic E-state index is 0.000185. The molecule has 2 aromatic rings. The number of benzene rings is 1. The van der Waals surface area contributed by atoms with Gasteiger partial charge in [0.25, 0.3) is 0 Å². The van der Waals surface area contributed by atoms with Crippen LogP contribution >= 0.6 is 0 Å². The summed E-state index contributed by atoms with van der Waals surface area (Å²) in [6.45, 7) is -0.842. The van der Waals surface area contributed by atoms with E-state index in [0.717, 1.165) is 17.0 Å². The number of aromatic nitrogens is 1. The van der Waals surface area contributed by atoms with Gasteiger partial charge in [-0.2, -0.15) is 31.6 Å². The van der Waals surface area contributed by atoms with Crippen LogP contribution in [-0.2, 0) is 17.1 Å². The van der Waals surface area contributed by atoms with E-state index in [2.05, 4.69) is 10.3 Å². The third-order valence-electron chi connectivity index (χ3n) is 4.77. The molecule has 33 heavy (non-hydrogen) atoms. The second kappa shape index (κ2) is 8.68. The summed E-state index contributed by atoms with van der Waals surface area (Å²) < 4.78 is 92.5. The average molecular weight is 474 g/mol. The van der Waals surface area contributed by atoms with Crippen molar-refractivity contribution in [2.45, 2.75) is 25.2 Å². The van der Waals surface area contributed by atoms with Crippen LogP contribution in [0.3, 0.4) is 0 Å². The molecule has 0 fully saturated rings. The predicted octanol–water partition coefficient (Wildman–Crippen LogP) is 4.55. The lowest BCUT2D eigenvalue weighted by molar-refractivity contribution is -0.145. The van der Waals surface area contributed by atoms with Crippen molar-refractivity contribution < 1.29 is 40.3 Å². The van der Waals surface area contributed by atoms with Gasteiger partial charge >= 0.3 is 12.4 Å². The SMILES string of the molecule is N#Cc1c(C(F)(F)F)cc(C(F)(F)F)nc1NCC(=O)N1CCCC(=O)c2cc(F)ccc21. The zero-order chi connectivity index (χ0) is 24.6. The summed E-state index contributed by atoms with van der Waals surface area (Å²) in [5.74, 6) is -3.05. The Morgan fingerprint density at radius 1 is 1.15 bits per heavy atom. The summed E-state index contributed by atoms with van der Waals surface area (Å²) in [7, 11) is 0. The van der Waals surface area contributed by atoms with Gasteiger partial charge in [-0.1, -0.05) is 0 Å². The molecule has 1 amide bonds. The Hall–Kier alpha value is -3.69. The van der Waals surface area contributed by atoms with Crippen LogP contribution in [0.4, 0.5) is 42.2 Å². The van der Waals surface area contributed by atoms with Crippen molar-refractivity contribution in [1.82, 2.24) is 4.98 Å². The molecule has 0 radical (unpaired) electrons. The summed E-state index contributed by atoms with van der Waals surface area (Å²) in [4.78, 5) is 29.0. The van der Waals surface area contributed by atoms with Crippen LogP contribution in [0.2, 0.25) is 0 Å². The molecule has 0 saturated heterocycles. The number of nitriles is 1. The largest absolute Gasteiger partial charge is 0.433 e. The number of hydrogen-bond donors (Lipinski definition) is 1. The molecule has 1 N–H and O–H groups in total. The summed E-state index contributed by atoms with van der Waals surface area (Å²) in [5, 5.41) is 11.2. The fraction of sp³-hybridized carbons (Fsp3) is 0.300. The van der Waals surface area contributed by atoms with Crippen molar-refractivity contribution in [3.63, 3.8) is 0 Å². The second-order valence-electron chi connectivity index (χ2n) is 6.97. The lowest BCUT2D eigenvalue weighted by Gasteiger charge is -2.23. The number of carbonyl (C=O) groups excluding carboxylic acids is 2. The number of halogens is 7. The molecule has 174 valence electrons. The van der Waals surface area contributed by atoms with Gasteiger partial charge in [0.15, 0.2) is 5.78 Å². The summed E-state index contributed by atoms with van der Waals surface area (Å²) in [5.41, 5.74) is -4.99. The summed E-state index contributed by atoms with van der Waals surface area (Å²) >= 11 is 0. The number of nitrogens with one attached hydrogen (secondary N) is 1. The van der Waals surface area contributed by atoms with E-state index < -0.39 is 59.0 Å². The minimum Gasteiger partial charge on any atom is -0.360 e. The Labute approximate surface area is 181 Å². The standard InChI is InChI=1S/C20H13F7N4O2/c21-10-3-4-14-11(6-10)15(32)2-1-5-31(14)17(33)9-29-18-12(8-28)13(19(22,23)24)7-16(30-18)20(25,26)27/h3-4,6-7H,1-2,5,9H2,(H,29,30). The molecule has 0 saturated carbocycles. The Bertz CT molecular complexity index is 1150. The van der Waals surface area contributed by atoms with Gasteiger partial charge < -0.3 is 10.2 Å². The number of Topliss-reactive ketones (excluding diaryl/α,β-unsaturated/α-hetero) is 1. The molecule has 1 aliphatic heterocycles. The first kappa shape index (κ1) is 24.0. The number of alkyl halides is 6. The van der Waals surface area contributed by atoms with Crippen LogP contribution in [0.1, 0.15) is 40.0 Å². The van der Waals surface area contributed by atoms with E-state index in [-0.39, 0.29) is 36.7 Å². The Kier molecular flexibility index (Phi) is 6.31. The van der Waals surface area contributed by atoms with E-state index in [9.17, 15) is 40.3 Å². The van der Waals surface area contributed by atoms with Crippen LogP contribution < -0.4 is 10.2 Å². The van der Waals surface area contributed by atoms with Gasteiger partial charge in [-0.3, -0.25) is 9.59 Å². The smallest absolute Gasteiger partial charge is 0.360 e. The quantitative estimate of drug-likeness (QED) is 0.660. The highest BCUT2D eigenvalue weighted by molar-refractivity contribution is 6.07. The molecular formula is C20H13F7N4O2. The Balaban J connectivity index is 1.95. The lowest BCUT2D eigenvalue weighted by atomic mass is 10.1. The molecule has 1 aromatic carbocycles. The number of rotatable bonds is 3. The highest BCUT2D eigenvalue weighted by atomic mass is 19.4. The molecular weight excluding hydrogens is 461 g/mol. The number of amides is 1. The van der Waals surface area contributed by atoms with Crippen molar-refractivity contribution in [2.24, 2.45) is 0 Å². The van der Waals surface area contributed by atoms with Crippen molar-refractivity contribution in [2.75, 3.05) is 23.3 Å². The number of fused-ring (bicyclic) bond motifs is 1. The monoisotopic (exact) mass is 474 g/mol. The Morgan fingerprint density at radius 2 is 1.85 bits per heavy atom. The number of ketones is 1. The number of pyridine rings is 1. The minimum atomic E-state index is -5.29. The number of carbonyl (C=O) groups is 2. The van der Waals surface area contributed by atoms with Crippen LogP contribution in [0.25, 0.3) is 0 Å². The van der Waals surface area contributed by atoms with Gasteiger partial charge in [-0.25, -0.2) is 9.37 Å². The fourth-order valence-corrected chi connectivity index (χ4v) is 3.29. The van der Waals surface area contributed by atoms with E-state index >= 15 is 0 Å². The van der Waals surface area contributed by atoms with Crippen LogP contribution in [0.5, 0.6) is 0 Å². The molecule has 0 unspecified atom stereocenters. The summed E-state index contributed by atoms with van der Waals surface area (Å²) in [6, 6.07) is 4.00. The third kappa shape index (κ3) is 5.05. The number of anilines is 2. The molecule has 1 aromatic heterocycles. The molecule has 0 atom stereocenters. The number of nitrogens with zero attached hydrogens (tertiary/aromatic N) is 3. The molecule has 3 rings (SSSR count). The lowest BCUT2D eigenvalue weighted by Crippen LogP contribution is -2.36.